The molecule has 0 aliphatic heterocycles. The van der Waals surface area contributed by atoms with Crippen molar-refractivity contribution in [3.63, 3.8) is 0 Å². The Morgan fingerprint density at radius 1 is 1.08 bits per heavy atom. The van der Waals surface area contributed by atoms with Crippen molar-refractivity contribution < 1.29 is 14.1 Å². The lowest BCUT2D eigenvalue weighted by Gasteiger charge is -2.03. The summed E-state index contributed by atoms with van der Waals surface area (Å²) in [4.78, 5) is 24.4. The number of carbonyl (C=O) groups excluding carboxylic acids is 2. The molecule has 2 N–H and O–H groups in total. The van der Waals surface area contributed by atoms with Crippen LogP contribution in [0.4, 0.5) is 0 Å². The summed E-state index contributed by atoms with van der Waals surface area (Å²) in [5, 5.41) is 3.87. The van der Waals surface area contributed by atoms with Crippen molar-refractivity contribution in [3.8, 4) is 11.3 Å². The lowest BCUT2D eigenvalue weighted by molar-refractivity contribution is 0.0827. The van der Waals surface area contributed by atoms with E-state index in [1.54, 1.807) is 12.1 Å². The highest BCUT2D eigenvalue weighted by Gasteiger charge is 2.16. The number of carbonyl (C=O) groups is 2. The minimum Gasteiger partial charge on any atom is -0.350 e. The summed E-state index contributed by atoms with van der Waals surface area (Å²) >= 11 is 4.54. The summed E-state index contributed by atoms with van der Waals surface area (Å²) in [6.07, 6.45) is 0. The molecule has 24 heavy (non-hydrogen) atoms. The van der Waals surface area contributed by atoms with E-state index >= 15 is 0 Å². The second-order valence-corrected chi connectivity index (χ2v) is 7.42. The zero-order valence-corrected chi connectivity index (χ0v) is 14.9. The maximum atomic E-state index is 12.0. The molecule has 2 heterocycles. The molecule has 0 atom stereocenters. The van der Waals surface area contributed by atoms with Crippen LogP contribution in [0.25, 0.3) is 11.3 Å². The first-order valence-corrected chi connectivity index (χ1v) is 8.53. The molecule has 6 nitrogen and oxygen atoms in total. The van der Waals surface area contributed by atoms with Gasteiger partial charge in [-0.25, -0.2) is 0 Å². The van der Waals surface area contributed by atoms with Crippen molar-refractivity contribution in [1.82, 2.24) is 16.0 Å². The molecule has 0 saturated heterocycles. The molecule has 0 aliphatic rings. The van der Waals surface area contributed by atoms with E-state index in [2.05, 4.69) is 31.9 Å². The van der Waals surface area contributed by atoms with E-state index in [1.165, 1.54) is 17.4 Å². The van der Waals surface area contributed by atoms with Crippen LogP contribution in [-0.2, 0) is 0 Å². The molecule has 0 saturated carbocycles. The number of hydrogen-bond donors (Lipinski definition) is 2. The SMILES string of the molecule is Cc1ccc(-c2cc(C(=O)NNC(=O)c3ccc(Br)s3)on2)cc1. The van der Waals surface area contributed by atoms with Crippen LogP contribution in [0.2, 0.25) is 0 Å². The lowest BCUT2D eigenvalue weighted by Crippen LogP contribution is -2.41. The standard InChI is InChI=1S/C16H12BrN3O3S/c1-9-2-4-10(5-3-9)11-8-12(23-20-11)15(21)18-19-16(22)13-6-7-14(17)24-13/h2-8H,1H3,(H,18,21)(H,19,22). The van der Waals surface area contributed by atoms with Gasteiger partial charge in [0.1, 0.15) is 5.69 Å². The summed E-state index contributed by atoms with van der Waals surface area (Å²) in [6.45, 7) is 1.99. The minimum atomic E-state index is -0.579. The predicted octanol–water partition coefficient (Wildman–Crippen LogP) is 3.55. The molecule has 0 spiro atoms. The second-order valence-electron chi connectivity index (χ2n) is 4.95. The van der Waals surface area contributed by atoms with Crippen LogP contribution in [0, 0.1) is 6.92 Å². The van der Waals surface area contributed by atoms with E-state index in [0.717, 1.165) is 14.9 Å². The Morgan fingerprint density at radius 3 is 2.46 bits per heavy atom. The highest BCUT2D eigenvalue weighted by atomic mass is 79.9. The fourth-order valence-electron chi connectivity index (χ4n) is 1.92. The van der Waals surface area contributed by atoms with Crippen molar-refractivity contribution >= 4 is 39.1 Å². The molecule has 0 bridgehead atoms. The molecule has 0 radical (unpaired) electrons. The first-order valence-electron chi connectivity index (χ1n) is 6.93. The first kappa shape index (κ1) is 16.4. The molecule has 0 fully saturated rings. The minimum absolute atomic E-state index is 0.0123. The number of rotatable bonds is 3. The number of thiophene rings is 1. The van der Waals surface area contributed by atoms with Gasteiger partial charge in [-0.15, -0.1) is 11.3 Å². The third-order valence-electron chi connectivity index (χ3n) is 3.17. The summed E-state index contributed by atoms with van der Waals surface area (Å²) in [6, 6.07) is 12.6. The second kappa shape index (κ2) is 6.98. The van der Waals surface area contributed by atoms with Crippen molar-refractivity contribution in [1.29, 1.82) is 0 Å². The van der Waals surface area contributed by atoms with Crippen LogP contribution < -0.4 is 10.9 Å². The number of halogens is 1. The average Bonchev–Trinajstić information content (AvgIpc) is 3.22. The van der Waals surface area contributed by atoms with Gasteiger partial charge in [0.05, 0.1) is 8.66 Å². The van der Waals surface area contributed by atoms with Crippen LogP contribution in [0.3, 0.4) is 0 Å². The molecule has 2 amide bonds. The number of nitrogens with one attached hydrogen (secondary N) is 2. The third kappa shape index (κ3) is 3.72. The number of aryl methyl sites for hydroxylation is 1. The van der Waals surface area contributed by atoms with Crippen LogP contribution >= 0.6 is 27.3 Å². The summed E-state index contributed by atoms with van der Waals surface area (Å²) in [5.41, 5.74) is 7.15. The summed E-state index contributed by atoms with van der Waals surface area (Å²) in [7, 11) is 0. The van der Waals surface area contributed by atoms with Gasteiger partial charge in [0.25, 0.3) is 5.91 Å². The number of nitrogens with zero attached hydrogens (tertiary/aromatic N) is 1. The molecule has 8 heteroatoms. The lowest BCUT2D eigenvalue weighted by atomic mass is 10.1. The van der Waals surface area contributed by atoms with Gasteiger partial charge in [-0.1, -0.05) is 35.0 Å². The van der Waals surface area contributed by atoms with E-state index in [9.17, 15) is 9.59 Å². The van der Waals surface area contributed by atoms with E-state index in [4.69, 9.17) is 4.52 Å². The fourth-order valence-corrected chi connectivity index (χ4v) is 3.20. The Balaban J connectivity index is 1.63. The summed E-state index contributed by atoms with van der Waals surface area (Å²) in [5.74, 6) is -0.972. The van der Waals surface area contributed by atoms with Gasteiger partial charge in [-0.05, 0) is 35.0 Å². The van der Waals surface area contributed by atoms with Gasteiger partial charge in [-0.2, -0.15) is 0 Å². The maximum Gasteiger partial charge on any atom is 0.308 e. The molecular formula is C16H12BrN3O3S. The quantitative estimate of drug-likeness (QED) is 0.652. The molecular weight excluding hydrogens is 394 g/mol. The molecule has 0 unspecified atom stereocenters. The number of amides is 2. The van der Waals surface area contributed by atoms with Crippen LogP contribution in [0.15, 0.2) is 50.8 Å². The van der Waals surface area contributed by atoms with E-state index in [1.807, 2.05) is 31.2 Å². The number of aromatic nitrogens is 1. The van der Waals surface area contributed by atoms with Crippen molar-refractivity contribution in [2.75, 3.05) is 0 Å². The smallest absolute Gasteiger partial charge is 0.308 e. The Hall–Kier alpha value is -2.45. The first-order chi connectivity index (χ1) is 11.5. The fraction of sp³-hybridized carbons (Fsp3) is 0.0625. The van der Waals surface area contributed by atoms with E-state index in [-0.39, 0.29) is 5.76 Å². The molecule has 1 aromatic carbocycles. The van der Waals surface area contributed by atoms with Crippen LogP contribution in [0.5, 0.6) is 0 Å². The van der Waals surface area contributed by atoms with Gasteiger partial charge in [0, 0.05) is 11.6 Å². The maximum absolute atomic E-state index is 12.0. The topological polar surface area (TPSA) is 84.2 Å². The molecule has 2 aromatic heterocycles. The zero-order valence-electron chi connectivity index (χ0n) is 12.5. The van der Waals surface area contributed by atoms with E-state index in [0.29, 0.717) is 10.6 Å². The number of benzene rings is 1. The van der Waals surface area contributed by atoms with Crippen molar-refractivity contribution in [2.45, 2.75) is 6.92 Å². The highest BCUT2D eigenvalue weighted by molar-refractivity contribution is 9.11. The number of hydrazine groups is 1. The average molecular weight is 406 g/mol. The van der Waals surface area contributed by atoms with Crippen LogP contribution in [0.1, 0.15) is 25.8 Å². The van der Waals surface area contributed by atoms with Gasteiger partial charge in [-0.3, -0.25) is 20.4 Å². The van der Waals surface area contributed by atoms with Gasteiger partial charge >= 0.3 is 5.91 Å². The Morgan fingerprint density at radius 2 is 1.79 bits per heavy atom. The molecule has 3 aromatic rings. The predicted molar refractivity (Wildman–Crippen MR) is 93.6 cm³/mol. The largest absolute Gasteiger partial charge is 0.350 e. The number of hydrogen-bond acceptors (Lipinski definition) is 5. The molecule has 3 rings (SSSR count). The Bertz CT molecular complexity index is 886. The summed E-state index contributed by atoms with van der Waals surface area (Å²) < 4.78 is 5.87. The van der Waals surface area contributed by atoms with Gasteiger partial charge in [0.15, 0.2) is 0 Å². The van der Waals surface area contributed by atoms with Crippen molar-refractivity contribution in [2.24, 2.45) is 0 Å². The molecule has 122 valence electrons. The van der Waals surface area contributed by atoms with Gasteiger partial charge in [0.2, 0.25) is 5.76 Å². The molecule has 0 aliphatic carbocycles. The van der Waals surface area contributed by atoms with Gasteiger partial charge < -0.3 is 4.52 Å². The zero-order chi connectivity index (χ0) is 17.1. The van der Waals surface area contributed by atoms with E-state index < -0.39 is 11.8 Å². The Kier molecular flexibility index (Phi) is 4.77. The third-order valence-corrected chi connectivity index (χ3v) is 4.79. The normalized spacial score (nSPS) is 10.4. The Labute approximate surface area is 150 Å². The highest BCUT2D eigenvalue weighted by Crippen LogP contribution is 2.22. The van der Waals surface area contributed by atoms with Crippen molar-refractivity contribution in [3.05, 3.63) is 62.5 Å². The monoisotopic (exact) mass is 405 g/mol. The van der Waals surface area contributed by atoms with Crippen LogP contribution in [-0.4, -0.2) is 17.0 Å².